The molecule has 1 aromatic carbocycles. The van der Waals surface area contributed by atoms with Crippen molar-refractivity contribution in [3.05, 3.63) is 29.8 Å². The number of aliphatic hydroxyl groups excluding tert-OH is 1. The van der Waals surface area contributed by atoms with Gasteiger partial charge in [0.05, 0.1) is 18.7 Å². The van der Waals surface area contributed by atoms with Gasteiger partial charge in [-0.25, -0.2) is 4.79 Å². The second-order valence-electron chi connectivity index (χ2n) is 6.35. The first kappa shape index (κ1) is 16.0. The maximum Gasteiger partial charge on any atom is 0.321 e. The summed E-state index contributed by atoms with van der Waals surface area (Å²) in [5.41, 5.74) is 1.17. The molecule has 2 aliphatic rings. The lowest BCUT2D eigenvalue weighted by Gasteiger charge is -2.25. The molecule has 6 nitrogen and oxygen atoms in total. The number of amides is 2. The lowest BCUT2D eigenvalue weighted by Crippen LogP contribution is -2.41. The van der Waals surface area contributed by atoms with Gasteiger partial charge in [0.2, 0.25) is 0 Å². The predicted molar refractivity (Wildman–Crippen MR) is 87.6 cm³/mol. The molecule has 2 heterocycles. The zero-order valence-electron chi connectivity index (χ0n) is 13.4. The Morgan fingerprint density at radius 1 is 1.22 bits per heavy atom. The molecule has 0 unspecified atom stereocenters. The first-order chi connectivity index (χ1) is 11.0. The fraction of sp³-hybridized carbons (Fsp3) is 0.529. The number of urea groups is 1. The number of benzene rings is 1. The van der Waals surface area contributed by atoms with Crippen molar-refractivity contribution in [1.29, 1.82) is 0 Å². The second-order valence-corrected chi connectivity index (χ2v) is 6.35. The Kier molecular flexibility index (Phi) is 4.63. The summed E-state index contributed by atoms with van der Waals surface area (Å²) in [6.45, 7) is 4.38. The van der Waals surface area contributed by atoms with E-state index in [2.05, 4.69) is 10.2 Å². The number of nitrogens with one attached hydrogen (secondary N) is 1. The van der Waals surface area contributed by atoms with Gasteiger partial charge >= 0.3 is 6.03 Å². The number of hydrogen-bond acceptors (Lipinski definition) is 4. The average molecular weight is 317 g/mol. The van der Waals surface area contributed by atoms with Crippen molar-refractivity contribution in [3.63, 3.8) is 0 Å². The number of nitrogens with zero attached hydrogens (tertiary/aromatic N) is 2. The van der Waals surface area contributed by atoms with Crippen molar-refractivity contribution >= 4 is 17.5 Å². The first-order valence-corrected chi connectivity index (χ1v) is 8.13. The molecule has 3 rings (SSSR count). The molecule has 6 heteroatoms. The molecule has 2 atom stereocenters. The van der Waals surface area contributed by atoms with Crippen LogP contribution in [0.25, 0.3) is 0 Å². The van der Waals surface area contributed by atoms with E-state index in [0.29, 0.717) is 24.3 Å². The lowest BCUT2D eigenvalue weighted by atomic mass is 10.1. The van der Waals surface area contributed by atoms with Gasteiger partial charge in [0.15, 0.2) is 5.78 Å². The molecule has 1 aromatic rings. The Balaban J connectivity index is 1.62. The highest BCUT2D eigenvalue weighted by atomic mass is 16.3. The van der Waals surface area contributed by atoms with Gasteiger partial charge in [-0.15, -0.1) is 0 Å². The summed E-state index contributed by atoms with van der Waals surface area (Å²) in [4.78, 5) is 27.7. The highest BCUT2D eigenvalue weighted by Crippen LogP contribution is 2.22. The Morgan fingerprint density at radius 2 is 1.96 bits per heavy atom. The number of carbonyl (C=O) groups is 2. The standard InChI is InChI=1S/C17H23N3O3/c1-12(21)13-5-4-6-14(9-13)18-17(23)20-10-15(16(22)11-20)19-7-2-3-8-19/h4-6,9,15-16,22H,2-3,7-8,10-11H2,1H3,(H,18,23)/t15-,16-/m0/s1. The molecular formula is C17H23N3O3. The molecule has 2 saturated heterocycles. The third-order valence-electron chi connectivity index (χ3n) is 4.68. The molecule has 0 radical (unpaired) electrons. The molecule has 124 valence electrons. The number of Topliss-reactive ketones (excluding diaryl/α,β-unsaturated/α-hetero) is 1. The van der Waals surface area contributed by atoms with Crippen LogP contribution < -0.4 is 5.32 Å². The average Bonchev–Trinajstić information content (AvgIpc) is 3.16. The van der Waals surface area contributed by atoms with Crippen LogP contribution in [-0.2, 0) is 0 Å². The SMILES string of the molecule is CC(=O)c1cccc(NC(=O)N2C[C@H](O)[C@@H](N3CCCC3)C2)c1. The summed E-state index contributed by atoms with van der Waals surface area (Å²) in [6.07, 6.45) is 1.82. The van der Waals surface area contributed by atoms with Crippen molar-refractivity contribution in [3.8, 4) is 0 Å². The monoisotopic (exact) mass is 317 g/mol. The van der Waals surface area contributed by atoms with E-state index >= 15 is 0 Å². The van der Waals surface area contributed by atoms with Gasteiger partial charge in [-0.1, -0.05) is 12.1 Å². The number of rotatable bonds is 3. The molecule has 0 aliphatic carbocycles. The van der Waals surface area contributed by atoms with Crippen LogP contribution in [0.1, 0.15) is 30.1 Å². The van der Waals surface area contributed by atoms with Gasteiger partial charge in [0, 0.05) is 17.8 Å². The Morgan fingerprint density at radius 3 is 2.65 bits per heavy atom. The maximum absolute atomic E-state index is 12.4. The molecule has 2 N–H and O–H groups in total. The zero-order chi connectivity index (χ0) is 16.4. The zero-order valence-corrected chi connectivity index (χ0v) is 13.4. The van der Waals surface area contributed by atoms with Crippen molar-refractivity contribution in [2.24, 2.45) is 0 Å². The van der Waals surface area contributed by atoms with Crippen LogP contribution in [0.5, 0.6) is 0 Å². The number of ketones is 1. The van der Waals surface area contributed by atoms with Crippen LogP contribution in [0.15, 0.2) is 24.3 Å². The van der Waals surface area contributed by atoms with Crippen LogP contribution >= 0.6 is 0 Å². The molecule has 2 amide bonds. The summed E-state index contributed by atoms with van der Waals surface area (Å²) in [6, 6.07) is 6.71. The van der Waals surface area contributed by atoms with Crippen molar-refractivity contribution in [2.75, 3.05) is 31.5 Å². The molecule has 23 heavy (non-hydrogen) atoms. The van der Waals surface area contributed by atoms with Gasteiger partial charge in [0.25, 0.3) is 0 Å². The molecule has 2 fully saturated rings. The van der Waals surface area contributed by atoms with Gasteiger partial charge in [0.1, 0.15) is 0 Å². The number of aliphatic hydroxyl groups is 1. The van der Waals surface area contributed by atoms with Gasteiger partial charge in [-0.05, 0) is 45.0 Å². The van der Waals surface area contributed by atoms with Crippen molar-refractivity contribution in [2.45, 2.75) is 31.9 Å². The second kappa shape index (κ2) is 6.68. The minimum Gasteiger partial charge on any atom is -0.390 e. The number of hydrogen-bond donors (Lipinski definition) is 2. The smallest absolute Gasteiger partial charge is 0.321 e. The summed E-state index contributed by atoms with van der Waals surface area (Å²) in [7, 11) is 0. The van der Waals surface area contributed by atoms with Crippen LogP contribution in [0.4, 0.5) is 10.5 Å². The highest BCUT2D eigenvalue weighted by molar-refractivity contribution is 5.96. The lowest BCUT2D eigenvalue weighted by molar-refractivity contribution is 0.0980. The number of likely N-dealkylation sites (tertiary alicyclic amines) is 2. The largest absolute Gasteiger partial charge is 0.390 e. The minimum absolute atomic E-state index is 0.0341. The van der Waals surface area contributed by atoms with Crippen LogP contribution in [0.3, 0.4) is 0 Å². The van der Waals surface area contributed by atoms with Gasteiger partial charge in [-0.3, -0.25) is 9.69 Å². The van der Waals surface area contributed by atoms with E-state index in [9.17, 15) is 14.7 Å². The maximum atomic E-state index is 12.4. The van der Waals surface area contributed by atoms with E-state index in [0.717, 1.165) is 25.9 Å². The van der Waals surface area contributed by atoms with Crippen LogP contribution in [0, 0.1) is 0 Å². The third-order valence-corrected chi connectivity index (χ3v) is 4.68. The Bertz CT molecular complexity index is 599. The van der Waals surface area contributed by atoms with Crippen LogP contribution in [-0.4, -0.2) is 65.0 Å². The molecule has 0 spiro atoms. The van der Waals surface area contributed by atoms with Crippen molar-refractivity contribution in [1.82, 2.24) is 9.80 Å². The summed E-state index contributed by atoms with van der Waals surface area (Å²) >= 11 is 0. The molecule has 0 saturated carbocycles. The van der Waals surface area contributed by atoms with E-state index in [1.54, 1.807) is 29.2 Å². The van der Waals surface area contributed by atoms with Gasteiger partial charge < -0.3 is 15.3 Å². The molecule has 0 bridgehead atoms. The van der Waals surface area contributed by atoms with E-state index < -0.39 is 6.10 Å². The predicted octanol–water partition coefficient (Wildman–Crippen LogP) is 1.56. The number of β-amino-alcohol motifs (C(OH)–C–C–N with tert-alkyl or cyclic N) is 1. The fourth-order valence-corrected chi connectivity index (χ4v) is 3.39. The van der Waals surface area contributed by atoms with E-state index in [-0.39, 0.29) is 17.9 Å². The molecule has 2 aliphatic heterocycles. The van der Waals surface area contributed by atoms with Crippen molar-refractivity contribution < 1.29 is 14.7 Å². The normalized spacial score (nSPS) is 24.9. The quantitative estimate of drug-likeness (QED) is 0.830. The Labute approximate surface area is 136 Å². The summed E-state index contributed by atoms with van der Waals surface area (Å²) < 4.78 is 0. The van der Waals surface area contributed by atoms with E-state index in [1.165, 1.54) is 6.92 Å². The minimum atomic E-state index is -0.498. The summed E-state index contributed by atoms with van der Waals surface area (Å²) in [5, 5.41) is 13.1. The third kappa shape index (κ3) is 3.54. The summed E-state index contributed by atoms with van der Waals surface area (Å²) in [5.74, 6) is -0.0354. The van der Waals surface area contributed by atoms with Crippen LogP contribution in [0.2, 0.25) is 0 Å². The Hall–Kier alpha value is -1.92. The van der Waals surface area contributed by atoms with E-state index in [4.69, 9.17) is 0 Å². The fourth-order valence-electron chi connectivity index (χ4n) is 3.39. The van der Waals surface area contributed by atoms with E-state index in [1.807, 2.05) is 0 Å². The number of carbonyl (C=O) groups excluding carboxylic acids is 2. The molecular weight excluding hydrogens is 294 g/mol. The van der Waals surface area contributed by atoms with Gasteiger partial charge in [-0.2, -0.15) is 0 Å². The highest BCUT2D eigenvalue weighted by Gasteiger charge is 2.38. The first-order valence-electron chi connectivity index (χ1n) is 8.13. The topological polar surface area (TPSA) is 72.9 Å². The molecule has 0 aromatic heterocycles. The number of anilines is 1.